The van der Waals surface area contributed by atoms with E-state index in [9.17, 15) is 9.90 Å². The zero-order valence-electron chi connectivity index (χ0n) is 30.8. The molecular weight excluding hydrogens is 787 g/mol. The summed E-state index contributed by atoms with van der Waals surface area (Å²) in [4.78, 5) is 17.0. The monoisotopic (exact) mass is 839 g/mol. The second-order valence-electron chi connectivity index (χ2n) is 15.0. The summed E-state index contributed by atoms with van der Waals surface area (Å²) >= 11 is 0. The number of allylic oxidation sites excluding steroid dienone is 2. The van der Waals surface area contributed by atoms with Crippen LogP contribution < -0.4 is 4.74 Å². The molecule has 6 heteroatoms. The van der Waals surface area contributed by atoms with Crippen LogP contribution in [0.25, 0.3) is 44.0 Å². The van der Waals surface area contributed by atoms with Gasteiger partial charge in [0.1, 0.15) is 28.8 Å². The molecule has 5 nitrogen and oxygen atoms in total. The van der Waals surface area contributed by atoms with Crippen molar-refractivity contribution in [3.05, 3.63) is 83.8 Å². The van der Waals surface area contributed by atoms with Gasteiger partial charge in [0.15, 0.2) is 5.78 Å². The molecule has 0 aliphatic carbocycles. The molecule has 263 valence electrons. The molecule has 6 rings (SSSR count). The number of pyridine rings is 1. The number of aliphatic hydroxyl groups excluding tert-OH is 1. The fourth-order valence-electron chi connectivity index (χ4n) is 6.53. The Morgan fingerprint density at radius 3 is 2.18 bits per heavy atom. The third kappa shape index (κ3) is 7.37. The molecule has 1 radical (unpaired) electrons. The van der Waals surface area contributed by atoms with Crippen molar-refractivity contribution in [1.82, 2.24) is 4.98 Å². The quantitative estimate of drug-likeness (QED) is 0.0957. The van der Waals surface area contributed by atoms with E-state index in [1.54, 1.807) is 0 Å². The number of aliphatic hydroxyl groups is 1. The summed E-state index contributed by atoms with van der Waals surface area (Å²) in [5.74, 6) is 1.23. The van der Waals surface area contributed by atoms with Gasteiger partial charge in [-0.15, -0.1) is 29.1 Å². The first kappa shape index (κ1) is 38.3. The predicted molar refractivity (Wildman–Crippen MR) is 199 cm³/mol. The number of carbonyl (C=O) groups is 1. The molecule has 0 amide bonds. The fraction of sp³-hybridized carbons (Fsp3) is 0.442. The minimum atomic E-state index is -0.337. The van der Waals surface area contributed by atoms with E-state index in [0.29, 0.717) is 0 Å². The van der Waals surface area contributed by atoms with E-state index < -0.39 is 0 Å². The van der Waals surface area contributed by atoms with Gasteiger partial charge < -0.3 is 14.3 Å². The Morgan fingerprint density at radius 2 is 1.55 bits per heavy atom. The van der Waals surface area contributed by atoms with Gasteiger partial charge in [-0.3, -0.25) is 9.78 Å². The van der Waals surface area contributed by atoms with Crippen molar-refractivity contribution in [2.24, 2.45) is 10.8 Å². The Hall–Kier alpha value is -3.47. The zero-order chi connectivity index (χ0) is 35.0. The molecule has 3 heterocycles. The molecule has 2 aromatic heterocycles. The van der Waals surface area contributed by atoms with Crippen molar-refractivity contribution in [2.75, 3.05) is 0 Å². The first-order chi connectivity index (χ1) is 22.7. The van der Waals surface area contributed by atoms with E-state index in [0.717, 1.165) is 76.4 Å². The number of hydrogen-bond acceptors (Lipinski definition) is 5. The van der Waals surface area contributed by atoms with Gasteiger partial charge in [0.05, 0.1) is 5.39 Å². The van der Waals surface area contributed by atoms with Crippen molar-refractivity contribution in [3.63, 3.8) is 0 Å². The third-order valence-electron chi connectivity index (χ3n) is 10.9. The van der Waals surface area contributed by atoms with Crippen molar-refractivity contribution < 1.29 is 39.2 Å². The second kappa shape index (κ2) is 14.8. The van der Waals surface area contributed by atoms with Crippen LogP contribution in [0.15, 0.2) is 71.0 Å². The number of nitrogens with zero attached hydrogens (tertiary/aromatic N) is 1. The van der Waals surface area contributed by atoms with Crippen molar-refractivity contribution >= 4 is 38.5 Å². The minimum Gasteiger partial charge on any atom is -0.512 e. The summed E-state index contributed by atoms with van der Waals surface area (Å²) < 4.78 is 12.5. The van der Waals surface area contributed by atoms with Crippen LogP contribution in [0.5, 0.6) is 5.75 Å². The Kier molecular flexibility index (Phi) is 11.6. The molecule has 3 aromatic carbocycles. The molecule has 0 fully saturated rings. The molecular formula is C43H52IrNO4-. The Labute approximate surface area is 305 Å². The number of ketones is 1. The number of rotatable bonds is 8. The summed E-state index contributed by atoms with van der Waals surface area (Å²) in [5, 5.41) is 14.5. The molecule has 5 aromatic rings. The molecule has 0 saturated heterocycles. The van der Waals surface area contributed by atoms with Crippen molar-refractivity contribution in [3.8, 4) is 17.0 Å². The largest absolute Gasteiger partial charge is 0.512 e. The van der Waals surface area contributed by atoms with E-state index in [2.05, 4.69) is 76.2 Å². The summed E-state index contributed by atoms with van der Waals surface area (Å²) in [6, 6.07) is 20.5. The fourth-order valence-corrected chi connectivity index (χ4v) is 6.53. The predicted octanol–water partition coefficient (Wildman–Crippen LogP) is 11.9. The summed E-state index contributed by atoms with van der Waals surface area (Å²) in [6.07, 6.45) is 7.67. The summed E-state index contributed by atoms with van der Waals surface area (Å²) in [7, 11) is 0. The molecule has 1 aliphatic rings. The molecule has 0 bridgehead atoms. The topological polar surface area (TPSA) is 72.6 Å². The average Bonchev–Trinajstić information content (AvgIpc) is 3.66. The van der Waals surface area contributed by atoms with E-state index in [4.69, 9.17) is 14.1 Å². The number of ether oxygens (including phenoxy) is 1. The van der Waals surface area contributed by atoms with E-state index in [1.165, 1.54) is 22.6 Å². The van der Waals surface area contributed by atoms with Crippen LogP contribution in [0.1, 0.15) is 106 Å². The Bertz CT molecular complexity index is 1990. The second-order valence-corrected chi connectivity index (χ2v) is 15.0. The normalized spacial score (nSPS) is 15.1. The van der Waals surface area contributed by atoms with Crippen LogP contribution in [0.2, 0.25) is 0 Å². The van der Waals surface area contributed by atoms with Crippen LogP contribution >= 0.6 is 0 Å². The van der Waals surface area contributed by atoms with Gasteiger partial charge in [-0.25, -0.2) is 0 Å². The molecule has 49 heavy (non-hydrogen) atoms. The molecule has 1 N–H and O–H groups in total. The van der Waals surface area contributed by atoms with E-state index in [-0.39, 0.29) is 54.0 Å². The van der Waals surface area contributed by atoms with Crippen LogP contribution in [0, 0.1) is 16.9 Å². The SMILES string of the molecule is CC1Cc2ccc3oc4ccnc(-c5[c-]c6ccccc6c(C(C)(C)C)c5)c4c3c2O1.CCC(C)(CC)C(=O)/C=C(\O)C(C)(CC)CC.[Ir]. The number of fused-ring (bicyclic) bond motifs is 6. The van der Waals surface area contributed by atoms with Gasteiger partial charge in [-0.05, 0) is 55.7 Å². The third-order valence-corrected chi connectivity index (χ3v) is 10.9. The van der Waals surface area contributed by atoms with E-state index in [1.807, 2.05) is 53.8 Å². The maximum Gasteiger partial charge on any atom is 0.164 e. The molecule has 1 atom stereocenters. The first-order valence-electron chi connectivity index (χ1n) is 17.6. The van der Waals surface area contributed by atoms with Gasteiger partial charge in [-0.1, -0.05) is 97.5 Å². The molecule has 1 aliphatic heterocycles. The van der Waals surface area contributed by atoms with Crippen LogP contribution in [-0.4, -0.2) is 22.0 Å². The van der Waals surface area contributed by atoms with Crippen molar-refractivity contribution in [2.45, 2.75) is 113 Å². The van der Waals surface area contributed by atoms with E-state index >= 15 is 0 Å². The van der Waals surface area contributed by atoms with Crippen LogP contribution in [0.3, 0.4) is 0 Å². The number of hydrogen-bond donors (Lipinski definition) is 1. The van der Waals surface area contributed by atoms with Crippen LogP contribution in [-0.2, 0) is 36.7 Å². The minimum absolute atomic E-state index is 0. The van der Waals surface area contributed by atoms with Gasteiger partial charge in [0.2, 0.25) is 0 Å². The van der Waals surface area contributed by atoms with Crippen LogP contribution in [0.4, 0.5) is 0 Å². The van der Waals surface area contributed by atoms with Gasteiger partial charge in [-0.2, -0.15) is 0 Å². The Morgan fingerprint density at radius 1 is 0.918 bits per heavy atom. The van der Waals surface area contributed by atoms with Crippen molar-refractivity contribution in [1.29, 1.82) is 0 Å². The average molecular weight is 839 g/mol. The van der Waals surface area contributed by atoms with Gasteiger partial charge in [0, 0.05) is 60.7 Å². The summed E-state index contributed by atoms with van der Waals surface area (Å²) in [6.45, 7) is 20.9. The standard InChI is InChI=1S/C28H24NO2.C15H28O2.Ir/c1-16-13-18-9-10-22-25(27(18)30-16)24-23(31-22)11-12-29-26(24)19-14-17-7-5-6-8-20(17)21(15-19)28(2,3)4;1-7-14(5,8-2)12(16)11-13(17)15(6,9-3)10-4;/h5-12,15-16H,13H2,1-4H3;11,16H,7-10H2,1-6H3;/q-1;;/b;12-11-;. The number of aromatic nitrogens is 1. The number of benzene rings is 3. The summed E-state index contributed by atoms with van der Waals surface area (Å²) in [5.41, 5.74) is 5.47. The maximum atomic E-state index is 12.2. The molecule has 0 spiro atoms. The molecule has 0 saturated carbocycles. The Balaban J connectivity index is 0.000000260. The maximum absolute atomic E-state index is 12.2. The number of carbonyl (C=O) groups excluding carboxylic acids is 1. The zero-order valence-corrected chi connectivity index (χ0v) is 33.2. The van der Waals surface area contributed by atoms with Gasteiger partial charge in [0.25, 0.3) is 0 Å². The molecule has 1 unspecified atom stereocenters. The first-order valence-corrected chi connectivity index (χ1v) is 17.6. The number of furan rings is 1. The smallest absolute Gasteiger partial charge is 0.164 e. The van der Waals surface area contributed by atoms with Gasteiger partial charge >= 0.3 is 0 Å².